The number of esters is 1. The van der Waals surface area contributed by atoms with Gasteiger partial charge in [0, 0.05) is 0 Å². The number of phenols is 1. The maximum atomic E-state index is 11.6. The second-order valence-electron chi connectivity index (χ2n) is 4.05. The average molecular weight is 257 g/mol. The van der Waals surface area contributed by atoms with E-state index in [9.17, 15) is 4.79 Å². The van der Waals surface area contributed by atoms with Crippen LogP contribution in [0.5, 0.6) is 5.75 Å². The third-order valence-corrected chi connectivity index (χ3v) is 3.29. The van der Waals surface area contributed by atoms with Gasteiger partial charge in [-0.3, -0.25) is 0 Å². The molecule has 0 bridgehead atoms. The van der Waals surface area contributed by atoms with E-state index in [1.54, 1.807) is 0 Å². The van der Waals surface area contributed by atoms with Crippen molar-refractivity contribution in [1.82, 2.24) is 0 Å². The monoisotopic (exact) mass is 256 g/mol. The summed E-state index contributed by atoms with van der Waals surface area (Å²) >= 11 is 6.07. The number of carbonyl (C=O) groups excluding carboxylic acids is 1. The summed E-state index contributed by atoms with van der Waals surface area (Å²) in [6, 6.07) is 5.93. The standard InChI is InChI=1S/C13H17ClO3/c1-3-9(2)12(14)8-17-13(16)10-4-6-11(15)7-5-10/h4-7,9,12,15H,3,8H2,1-2H3. The first kappa shape index (κ1) is 13.8. The molecule has 0 spiro atoms. The summed E-state index contributed by atoms with van der Waals surface area (Å²) in [4.78, 5) is 11.6. The third-order valence-electron chi connectivity index (χ3n) is 2.74. The fourth-order valence-corrected chi connectivity index (χ4v) is 1.50. The van der Waals surface area contributed by atoms with E-state index >= 15 is 0 Å². The van der Waals surface area contributed by atoms with Gasteiger partial charge < -0.3 is 9.84 Å². The SMILES string of the molecule is CCC(C)C(Cl)COC(=O)c1ccc(O)cc1. The fourth-order valence-electron chi connectivity index (χ4n) is 1.26. The van der Waals surface area contributed by atoms with E-state index in [1.165, 1.54) is 24.3 Å². The minimum atomic E-state index is -0.418. The van der Waals surface area contributed by atoms with Crippen molar-refractivity contribution in [3.8, 4) is 5.75 Å². The fraction of sp³-hybridized carbons (Fsp3) is 0.462. The summed E-state index contributed by atoms with van der Waals surface area (Å²) in [5.41, 5.74) is 0.413. The van der Waals surface area contributed by atoms with Crippen molar-refractivity contribution < 1.29 is 14.6 Å². The van der Waals surface area contributed by atoms with E-state index in [4.69, 9.17) is 21.4 Å². The van der Waals surface area contributed by atoms with Crippen LogP contribution in [0.3, 0.4) is 0 Å². The molecule has 1 N–H and O–H groups in total. The van der Waals surface area contributed by atoms with Gasteiger partial charge in [-0.25, -0.2) is 4.79 Å². The number of benzene rings is 1. The van der Waals surface area contributed by atoms with Crippen molar-refractivity contribution in [1.29, 1.82) is 0 Å². The van der Waals surface area contributed by atoms with Crippen LogP contribution in [-0.4, -0.2) is 23.1 Å². The molecule has 0 heterocycles. The maximum Gasteiger partial charge on any atom is 0.338 e. The third kappa shape index (κ3) is 4.27. The average Bonchev–Trinajstić information content (AvgIpc) is 2.35. The molecule has 0 aromatic heterocycles. The number of hydrogen-bond donors (Lipinski definition) is 1. The van der Waals surface area contributed by atoms with Crippen LogP contribution < -0.4 is 0 Å². The van der Waals surface area contributed by atoms with Crippen LogP contribution in [0.2, 0.25) is 0 Å². The van der Waals surface area contributed by atoms with Crippen LogP contribution in [0.1, 0.15) is 30.6 Å². The second-order valence-corrected chi connectivity index (χ2v) is 4.61. The minimum absolute atomic E-state index is 0.122. The van der Waals surface area contributed by atoms with E-state index in [1.807, 2.05) is 13.8 Å². The molecule has 1 rings (SSSR count). The van der Waals surface area contributed by atoms with Crippen molar-refractivity contribution in [3.63, 3.8) is 0 Å². The van der Waals surface area contributed by atoms with E-state index in [2.05, 4.69) is 0 Å². The van der Waals surface area contributed by atoms with Crippen LogP contribution in [0.15, 0.2) is 24.3 Å². The van der Waals surface area contributed by atoms with Crippen molar-refractivity contribution in [2.24, 2.45) is 5.92 Å². The highest BCUT2D eigenvalue weighted by Crippen LogP contribution is 2.15. The molecular formula is C13H17ClO3. The number of halogens is 1. The molecule has 2 atom stereocenters. The first-order chi connectivity index (χ1) is 8.04. The van der Waals surface area contributed by atoms with Gasteiger partial charge in [-0.2, -0.15) is 0 Å². The molecule has 0 aliphatic rings. The smallest absolute Gasteiger partial charge is 0.338 e. The number of hydrogen-bond acceptors (Lipinski definition) is 3. The van der Waals surface area contributed by atoms with Gasteiger partial charge in [0.1, 0.15) is 12.4 Å². The van der Waals surface area contributed by atoms with Gasteiger partial charge in [0.15, 0.2) is 0 Å². The van der Waals surface area contributed by atoms with Crippen LogP contribution >= 0.6 is 11.6 Å². The highest BCUT2D eigenvalue weighted by molar-refractivity contribution is 6.21. The van der Waals surface area contributed by atoms with Crippen molar-refractivity contribution in [2.45, 2.75) is 25.6 Å². The van der Waals surface area contributed by atoms with Crippen molar-refractivity contribution in [3.05, 3.63) is 29.8 Å². The summed E-state index contributed by atoms with van der Waals surface area (Å²) in [5.74, 6) is 0.0135. The quantitative estimate of drug-likeness (QED) is 0.650. The molecule has 1 aromatic carbocycles. The molecule has 0 aliphatic carbocycles. The number of alkyl halides is 1. The summed E-state index contributed by atoms with van der Waals surface area (Å²) in [7, 11) is 0. The van der Waals surface area contributed by atoms with Crippen LogP contribution in [0.25, 0.3) is 0 Å². The Morgan fingerprint density at radius 1 is 1.41 bits per heavy atom. The normalized spacial score (nSPS) is 14.1. The predicted molar refractivity (Wildman–Crippen MR) is 67.5 cm³/mol. The molecule has 0 fully saturated rings. The van der Waals surface area contributed by atoms with Crippen molar-refractivity contribution in [2.75, 3.05) is 6.61 Å². The lowest BCUT2D eigenvalue weighted by Crippen LogP contribution is -2.20. The summed E-state index contributed by atoms with van der Waals surface area (Å²) in [6.45, 7) is 4.27. The highest BCUT2D eigenvalue weighted by Gasteiger charge is 2.15. The van der Waals surface area contributed by atoms with Gasteiger partial charge in [0.25, 0.3) is 0 Å². The topological polar surface area (TPSA) is 46.5 Å². The van der Waals surface area contributed by atoms with Gasteiger partial charge in [-0.15, -0.1) is 11.6 Å². The largest absolute Gasteiger partial charge is 0.508 e. The molecule has 0 saturated heterocycles. The maximum absolute atomic E-state index is 11.6. The molecular weight excluding hydrogens is 240 g/mol. The van der Waals surface area contributed by atoms with Crippen LogP contribution in [0, 0.1) is 5.92 Å². The van der Waals surface area contributed by atoms with Gasteiger partial charge in [0.05, 0.1) is 10.9 Å². The Balaban J connectivity index is 2.47. The summed E-state index contributed by atoms with van der Waals surface area (Å²) in [5, 5.41) is 8.92. The molecule has 2 unspecified atom stereocenters. The van der Waals surface area contributed by atoms with Crippen LogP contribution in [-0.2, 0) is 4.74 Å². The molecule has 0 saturated carbocycles. The van der Waals surface area contributed by atoms with E-state index in [-0.39, 0.29) is 17.7 Å². The molecule has 0 radical (unpaired) electrons. The van der Waals surface area contributed by atoms with Gasteiger partial charge >= 0.3 is 5.97 Å². The van der Waals surface area contributed by atoms with Crippen molar-refractivity contribution >= 4 is 17.6 Å². The van der Waals surface area contributed by atoms with E-state index in [0.717, 1.165) is 6.42 Å². The first-order valence-electron chi connectivity index (χ1n) is 5.64. The molecule has 4 heteroatoms. The minimum Gasteiger partial charge on any atom is -0.508 e. The number of phenolic OH excluding ortho intramolecular Hbond substituents is 1. The molecule has 0 amide bonds. The Bertz CT molecular complexity index is 361. The van der Waals surface area contributed by atoms with Crippen LogP contribution in [0.4, 0.5) is 0 Å². The lowest BCUT2D eigenvalue weighted by Gasteiger charge is -2.15. The zero-order valence-corrected chi connectivity index (χ0v) is 10.8. The van der Waals surface area contributed by atoms with E-state index < -0.39 is 5.97 Å². The molecule has 94 valence electrons. The second kappa shape index (κ2) is 6.50. The van der Waals surface area contributed by atoms with Gasteiger partial charge in [0.2, 0.25) is 0 Å². The molecule has 0 aliphatic heterocycles. The van der Waals surface area contributed by atoms with Gasteiger partial charge in [-0.05, 0) is 30.2 Å². The first-order valence-corrected chi connectivity index (χ1v) is 6.08. The lowest BCUT2D eigenvalue weighted by molar-refractivity contribution is 0.0489. The Morgan fingerprint density at radius 3 is 2.53 bits per heavy atom. The van der Waals surface area contributed by atoms with Gasteiger partial charge in [-0.1, -0.05) is 20.3 Å². The zero-order valence-electron chi connectivity index (χ0n) is 10.0. The summed E-state index contributed by atoms with van der Waals surface area (Å²) < 4.78 is 5.10. The Hall–Kier alpha value is -1.22. The number of carbonyl (C=O) groups is 1. The van der Waals surface area contributed by atoms with E-state index in [0.29, 0.717) is 11.5 Å². The lowest BCUT2D eigenvalue weighted by atomic mass is 10.1. The molecule has 17 heavy (non-hydrogen) atoms. The Kier molecular flexibility index (Phi) is 5.29. The predicted octanol–water partition coefficient (Wildman–Crippen LogP) is 3.20. The summed E-state index contributed by atoms with van der Waals surface area (Å²) in [6.07, 6.45) is 0.949. The highest BCUT2D eigenvalue weighted by atomic mass is 35.5. The number of rotatable bonds is 5. The zero-order chi connectivity index (χ0) is 12.8. The molecule has 1 aromatic rings. The molecule has 3 nitrogen and oxygen atoms in total. The Labute approximate surface area is 106 Å². The Morgan fingerprint density at radius 2 is 2.00 bits per heavy atom. The number of ether oxygens (including phenoxy) is 1. The number of aromatic hydroxyl groups is 1.